The van der Waals surface area contributed by atoms with Crippen molar-refractivity contribution in [2.45, 2.75) is 32.9 Å². The molecule has 4 aromatic rings. The van der Waals surface area contributed by atoms with E-state index >= 15 is 0 Å². The molecule has 0 saturated heterocycles. The second-order valence-electron chi connectivity index (χ2n) is 8.71. The summed E-state index contributed by atoms with van der Waals surface area (Å²) in [6, 6.07) is 13.1. The second kappa shape index (κ2) is 9.76. The van der Waals surface area contributed by atoms with Gasteiger partial charge in [-0.2, -0.15) is 22.0 Å². The third-order valence-corrected chi connectivity index (χ3v) is 5.89. The zero-order valence-corrected chi connectivity index (χ0v) is 20.1. The van der Waals surface area contributed by atoms with Crippen LogP contribution in [0.1, 0.15) is 38.2 Å². The zero-order valence-electron chi connectivity index (χ0n) is 20.1. The lowest BCUT2D eigenvalue weighted by Gasteiger charge is -2.19. The molecule has 0 aliphatic rings. The summed E-state index contributed by atoms with van der Waals surface area (Å²) in [4.78, 5) is 13.2. The van der Waals surface area contributed by atoms with E-state index in [0.29, 0.717) is 11.1 Å². The molecule has 4 rings (SSSR count). The molecule has 10 heteroatoms. The van der Waals surface area contributed by atoms with Gasteiger partial charge in [0.05, 0.1) is 17.6 Å². The summed E-state index contributed by atoms with van der Waals surface area (Å²) in [6.45, 7) is 4.28. The minimum Gasteiger partial charge on any atom is -0.437 e. The van der Waals surface area contributed by atoms with Crippen molar-refractivity contribution in [3.8, 4) is 11.6 Å². The van der Waals surface area contributed by atoms with E-state index < -0.39 is 36.0 Å². The van der Waals surface area contributed by atoms with Gasteiger partial charge in [0, 0.05) is 10.9 Å². The number of nitrogens with one attached hydrogen (secondary N) is 1. The fraction of sp³-hybridized carbons (Fsp3) is 0.222. The van der Waals surface area contributed by atoms with Crippen molar-refractivity contribution < 1.29 is 31.5 Å². The number of aryl methyl sites for hydroxylation is 3. The van der Waals surface area contributed by atoms with Crippen LogP contribution in [0, 0.1) is 20.8 Å². The summed E-state index contributed by atoms with van der Waals surface area (Å²) in [6.07, 6.45) is -4.62. The van der Waals surface area contributed by atoms with E-state index in [2.05, 4.69) is 15.5 Å². The van der Waals surface area contributed by atoms with Gasteiger partial charge in [0.2, 0.25) is 0 Å². The molecule has 5 nitrogen and oxygen atoms in total. The molecule has 1 amide bonds. The Kier molecular flexibility index (Phi) is 6.86. The van der Waals surface area contributed by atoms with Crippen molar-refractivity contribution in [3.05, 3.63) is 94.0 Å². The standard InChI is InChI=1S/C27H22F5N3O2/c1-15-7-10-21-22(11-15)34-35-25(37-20-6-4-5-19(13-20)27(30,31)32)23(21)24(36)33-14-26(28,29)18-9-8-16(2)17(3)12-18/h4-13H,14H2,1-3H3,(H,33,36). The average Bonchev–Trinajstić information content (AvgIpc) is 2.84. The number of hydrogen-bond acceptors (Lipinski definition) is 4. The lowest BCUT2D eigenvalue weighted by molar-refractivity contribution is -0.137. The van der Waals surface area contributed by atoms with E-state index in [9.17, 15) is 26.7 Å². The summed E-state index contributed by atoms with van der Waals surface area (Å²) in [7, 11) is 0. The topological polar surface area (TPSA) is 64.1 Å². The second-order valence-corrected chi connectivity index (χ2v) is 8.71. The van der Waals surface area contributed by atoms with Gasteiger partial charge in [-0.05, 0) is 67.8 Å². The van der Waals surface area contributed by atoms with E-state index in [4.69, 9.17) is 4.74 Å². The Morgan fingerprint density at radius 3 is 2.32 bits per heavy atom. The first kappa shape index (κ1) is 26.0. The van der Waals surface area contributed by atoms with Crippen LogP contribution in [0.2, 0.25) is 0 Å². The first-order valence-electron chi connectivity index (χ1n) is 11.2. The fourth-order valence-electron chi connectivity index (χ4n) is 3.69. The molecule has 0 unspecified atom stereocenters. The van der Waals surface area contributed by atoms with Gasteiger partial charge in [0.15, 0.2) is 0 Å². The van der Waals surface area contributed by atoms with Gasteiger partial charge < -0.3 is 10.1 Å². The van der Waals surface area contributed by atoms with E-state index in [-0.39, 0.29) is 22.3 Å². The van der Waals surface area contributed by atoms with Crippen LogP contribution in [-0.2, 0) is 12.1 Å². The van der Waals surface area contributed by atoms with Crippen molar-refractivity contribution in [2.75, 3.05) is 6.54 Å². The van der Waals surface area contributed by atoms with E-state index in [0.717, 1.165) is 29.3 Å². The predicted octanol–water partition coefficient (Wildman–Crippen LogP) is 6.89. The zero-order chi connectivity index (χ0) is 27.0. The maximum atomic E-state index is 14.9. The summed E-state index contributed by atoms with van der Waals surface area (Å²) in [5, 5.41) is 10.3. The lowest BCUT2D eigenvalue weighted by atomic mass is 10.0. The molecule has 0 radical (unpaired) electrons. The van der Waals surface area contributed by atoms with Crippen molar-refractivity contribution in [2.24, 2.45) is 0 Å². The molecule has 3 aromatic carbocycles. The molecule has 0 saturated carbocycles. The molecule has 1 heterocycles. The van der Waals surface area contributed by atoms with Gasteiger partial charge in [-0.3, -0.25) is 4.79 Å². The first-order valence-corrected chi connectivity index (χ1v) is 11.2. The van der Waals surface area contributed by atoms with Gasteiger partial charge in [0.25, 0.3) is 17.7 Å². The fourth-order valence-corrected chi connectivity index (χ4v) is 3.69. The Balaban J connectivity index is 1.69. The molecular formula is C27H22F5N3O2. The van der Waals surface area contributed by atoms with E-state index in [1.807, 2.05) is 0 Å². The Hall–Kier alpha value is -4.08. The van der Waals surface area contributed by atoms with Crippen molar-refractivity contribution in [1.82, 2.24) is 15.5 Å². The highest BCUT2D eigenvalue weighted by Gasteiger charge is 2.34. The van der Waals surface area contributed by atoms with Gasteiger partial charge in [-0.15, -0.1) is 10.2 Å². The van der Waals surface area contributed by atoms with Gasteiger partial charge in [-0.25, -0.2) is 0 Å². The monoisotopic (exact) mass is 515 g/mol. The SMILES string of the molecule is Cc1ccc2c(C(=O)NCC(F)(F)c3ccc(C)c(C)c3)c(Oc3cccc(C(F)(F)F)c3)nnc2c1. The quantitative estimate of drug-likeness (QED) is 0.284. The highest BCUT2D eigenvalue weighted by atomic mass is 19.4. The minimum absolute atomic E-state index is 0.224. The Bertz CT molecular complexity index is 1490. The number of carbonyl (C=O) groups is 1. The largest absolute Gasteiger partial charge is 0.437 e. The Morgan fingerprint density at radius 2 is 1.62 bits per heavy atom. The van der Waals surface area contributed by atoms with Crippen molar-refractivity contribution in [3.63, 3.8) is 0 Å². The lowest BCUT2D eigenvalue weighted by Crippen LogP contribution is -2.35. The maximum Gasteiger partial charge on any atom is 0.416 e. The normalized spacial score (nSPS) is 12.0. The summed E-state index contributed by atoms with van der Waals surface area (Å²) in [5.74, 6) is -4.98. The molecule has 0 bridgehead atoms. The van der Waals surface area contributed by atoms with E-state index in [1.165, 1.54) is 18.2 Å². The van der Waals surface area contributed by atoms with Crippen LogP contribution in [0.15, 0.2) is 60.7 Å². The van der Waals surface area contributed by atoms with Crippen LogP contribution in [0.25, 0.3) is 10.9 Å². The number of amides is 1. The number of aromatic nitrogens is 2. The number of fused-ring (bicyclic) bond motifs is 1. The minimum atomic E-state index is -4.62. The highest BCUT2D eigenvalue weighted by molar-refractivity contribution is 6.08. The molecule has 37 heavy (non-hydrogen) atoms. The third-order valence-electron chi connectivity index (χ3n) is 5.89. The van der Waals surface area contributed by atoms with Gasteiger partial charge in [-0.1, -0.05) is 30.3 Å². The van der Waals surface area contributed by atoms with Gasteiger partial charge >= 0.3 is 6.18 Å². The molecule has 0 atom stereocenters. The molecule has 0 fully saturated rings. The predicted molar refractivity (Wildman–Crippen MR) is 128 cm³/mol. The summed E-state index contributed by atoms with van der Waals surface area (Å²) < 4.78 is 74.8. The molecule has 0 aliphatic carbocycles. The van der Waals surface area contributed by atoms with Crippen LogP contribution >= 0.6 is 0 Å². The Labute approximate surface area is 209 Å². The van der Waals surface area contributed by atoms with Crippen LogP contribution in [0.5, 0.6) is 11.6 Å². The maximum absolute atomic E-state index is 14.9. The van der Waals surface area contributed by atoms with Crippen LogP contribution in [-0.4, -0.2) is 22.6 Å². The number of halogens is 5. The van der Waals surface area contributed by atoms with Crippen molar-refractivity contribution in [1.29, 1.82) is 0 Å². The molecule has 1 N–H and O–H groups in total. The average molecular weight is 515 g/mol. The third kappa shape index (κ3) is 5.68. The summed E-state index contributed by atoms with van der Waals surface area (Å²) >= 11 is 0. The van der Waals surface area contributed by atoms with Crippen molar-refractivity contribution >= 4 is 16.8 Å². The van der Waals surface area contributed by atoms with E-state index in [1.54, 1.807) is 45.0 Å². The Morgan fingerprint density at radius 1 is 0.865 bits per heavy atom. The van der Waals surface area contributed by atoms with Gasteiger partial charge in [0.1, 0.15) is 11.3 Å². The first-order chi connectivity index (χ1) is 17.3. The molecule has 192 valence electrons. The number of ether oxygens (including phenoxy) is 1. The smallest absolute Gasteiger partial charge is 0.416 e. The van der Waals surface area contributed by atoms with Crippen LogP contribution < -0.4 is 10.1 Å². The van der Waals surface area contributed by atoms with Crippen LogP contribution in [0.3, 0.4) is 0 Å². The molecule has 0 spiro atoms. The number of hydrogen-bond donors (Lipinski definition) is 1. The molecular weight excluding hydrogens is 493 g/mol. The number of benzene rings is 3. The highest BCUT2D eigenvalue weighted by Crippen LogP contribution is 2.34. The number of rotatable bonds is 6. The number of carbonyl (C=O) groups excluding carboxylic acids is 1. The molecule has 1 aromatic heterocycles. The molecule has 0 aliphatic heterocycles. The number of nitrogens with zero attached hydrogens (tertiary/aromatic N) is 2. The summed E-state index contributed by atoms with van der Waals surface area (Å²) in [5.41, 5.74) is 1.18. The van der Waals surface area contributed by atoms with Crippen LogP contribution in [0.4, 0.5) is 22.0 Å². The number of alkyl halides is 5.